The number of carbonyl (C=O) groups is 1. The zero-order chi connectivity index (χ0) is 19.0. The van der Waals surface area contributed by atoms with Gasteiger partial charge in [0.15, 0.2) is 4.90 Å². The van der Waals surface area contributed by atoms with Crippen LogP contribution in [0.4, 0.5) is 10.5 Å². The van der Waals surface area contributed by atoms with Crippen LogP contribution in [0.1, 0.15) is 19.8 Å². The Bertz CT molecular complexity index is 708. The molecule has 10 nitrogen and oxygen atoms in total. The standard InChI is InChI=1S/C14H21N3O7S/c1-11(10-16(14(19)20)8-4-5-9-18)15-25(23,24)13-7-3-2-6-12(13)17(21)22/h2-3,6-7,11,15,18H,4-5,8-10H2,1H3,(H,19,20). The zero-order valence-electron chi connectivity index (χ0n) is 13.7. The van der Waals surface area contributed by atoms with Crippen molar-refractivity contribution in [1.82, 2.24) is 9.62 Å². The quantitative estimate of drug-likeness (QED) is 0.314. The van der Waals surface area contributed by atoms with Gasteiger partial charge in [-0.05, 0) is 25.8 Å². The lowest BCUT2D eigenvalue weighted by molar-refractivity contribution is -0.387. The van der Waals surface area contributed by atoms with Crippen molar-refractivity contribution >= 4 is 21.8 Å². The first-order valence-corrected chi connectivity index (χ1v) is 9.02. The lowest BCUT2D eigenvalue weighted by Crippen LogP contribution is -2.44. The molecule has 0 spiro atoms. The molecule has 1 aromatic rings. The number of aliphatic hydroxyl groups excluding tert-OH is 1. The highest BCUT2D eigenvalue weighted by Gasteiger charge is 2.27. The molecule has 140 valence electrons. The smallest absolute Gasteiger partial charge is 0.407 e. The first-order chi connectivity index (χ1) is 11.7. The van der Waals surface area contributed by atoms with E-state index < -0.39 is 37.7 Å². The molecule has 0 aromatic heterocycles. The van der Waals surface area contributed by atoms with Crippen molar-refractivity contribution in [2.45, 2.75) is 30.7 Å². The van der Waals surface area contributed by atoms with Crippen molar-refractivity contribution in [1.29, 1.82) is 0 Å². The molecule has 0 saturated heterocycles. The third-order valence-electron chi connectivity index (χ3n) is 3.31. The van der Waals surface area contributed by atoms with Gasteiger partial charge in [-0.15, -0.1) is 0 Å². The van der Waals surface area contributed by atoms with Gasteiger partial charge in [0.05, 0.1) is 4.92 Å². The number of hydrogen-bond donors (Lipinski definition) is 3. The number of hydrogen-bond acceptors (Lipinski definition) is 6. The summed E-state index contributed by atoms with van der Waals surface area (Å²) in [5, 5.41) is 28.9. The summed E-state index contributed by atoms with van der Waals surface area (Å²) in [4.78, 5) is 21.9. The van der Waals surface area contributed by atoms with Gasteiger partial charge in [-0.3, -0.25) is 10.1 Å². The topological polar surface area (TPSA) is 150 Å². The first kappa shape index (κ1) is 20.8. The summed E-state index contributed by atoms with van der Waals surface area (Å²) < 4.78 is 27.0. The van der Waals surface area contributed by atoms with Gasteiger partial charge in [0.25, 0.3) is 5.69 Å². The number of carboxylic acid groups (broad SMARTS) is 1. The van der Waals surface area contributed by atoms with E-state index in [0.717, 1.165) is 17.0 Å². The van der Waals surface area contributed by atoms with Gasteiger partial charge >= 0.3 is 6.09 Å². The second-order valence-electron chi connectivity index (χ2n) is 5.41. The number of rotatable bonds is 10. The molecular formula is C14H21N3O7S. The third kappa shape index (κ3) is 6.29. The maximum atomic E-state index is 12.4. The average molecular weight is 375 g/mol. The van der Waals surface area contributed by atoms with Crippen LogP contribution in [0.25, 0.3) is 0 Å². The SMILES string of the molecule is CC(CN(CCCCO)C(=O)O)NS(=O)(=O)c1ccccc1[N+](=O)[O-]. The van der Waals surface area contributed by atoms with Crippen LogP contribution < -0.4 is 4.72 Å². The Kier molecular flexibility index (Phi) is 7.74. The molecule has 0 saturated carbocycles. The summed E-state index contributed by atoms with van der Waals surface area (Å²) in [5.41, 5.74) is -0.555. The number of nitro benzene ring substituents is 1. The minimum atomic E-state index is -4.18. The fourth-order valence-corrected chi connectivity index (χ4v) is 3.62. The summed E-state index contributed by atoms with van der Waals surface area (Å²) in [6.07, 6.45) is -0.346. The summed E-state index contributed by atoms with van der Waals surface area (Å²) in [6.45, 7) is 1.43. The normalized spacial score (nSPS) is 12.6. The van der Waals surface area contributed by atoms with Gasteiger partial charge in [0.1, 0.15) is 0 Å². The molecule has 0 aliphatic heterocycles. The fraction of sp³-hybridized carbons (Fsp3) is 0.500. The first-order valence-electron chi connectivity index (χ1n) is 7.53. The van der Waals surface area contributed by atoms with Crippen LogP contribution in [0.15, 0.2) is 29.2 Å². The van der Waals surface area contributed by atoms with E-state index in [-0.39, 0.29) is 19.7 Å². The van der Waals surface area contributed by atoms with E-state index in [1.54, 1.807) is 0 Å². The molecule has 0 radical (unpaired) electrons. The van der Waals surface area contributed by atoms with Crippen LogP contribution in [-0.2, 0) is 10.0 Å². The number of amides is 1. The Hall–Kier alpha value is -2.24. The molecular weight excluding hydrogens is 354 g/mol. The zero-order valence-corrected chi connectivity index (χ0v) is 14.5. The maximum absolute atomic E-state index is 12.4. The van der Waals surface area contributed by atoms with Crippen LogP contribution in [0.3, 0.4) is 0 Å². The monoisotopic (exact) mass is 375 g/mol. The Morgan fingerprint density at radius 1 is 1.36 bits per heavy atom. The summed E-state index contributed by atoms with van der Waals surface area (Å²) >= 11 is 0. The van der Waals surface area contributed by atoms with Crippen molar-refractivity contribution < 1.29 is 28.3 Å². The molecule has 1 aromatic carbocycles. The van der Waals surface area contributed by atoms with E-state index in [1.807, 2.05) is 0 Å². The highest BCUT2D eigenvalue weighted by Crippen LogP contribution is 2.22. The van der Waals surface area contributed by atoms with E-state index >= 15 is 0 Å². The number of nitrogens with one attached hydrogen (secondary N) is 1. The molecule has 11 heteroatoms. The molecule has 1 amide bonds. The van der Waals surface area contributed by atoms with E-state index in [0.29, 0.717) is 12.8 Å². The number of aliphatic hydroxyl groups is 1. The number of nitrogens with zero attached hydrogens (tertiary/aromatic N) is 2. The highest BCUT2D eigenvalue weighted by atomic mass is 32.2. The van der Waals surface area contributed by atoms with Crippen molar-refractivity contribution in [2.75, 3.05) is 19.7 Å². The lowest BCUT2D eigenvalue weighted by Gasteiger charge is -2.23. The van der Waals surface area contributed by atoms with Crippen molar-refractivity contribution in [3.63, 3.8) is 0 Å². The van der Waals surface area contributed by atoms with Gasteiger partial charge in [0.2, 0.25) is 10.0 Å². The number of nitro groups is 1. The fourth-order valence-electron chi connectivity index (χ4n) is 2.21. The summed E-state index contributed by atoms with van der Waals surface area (Å²) in [7, 11) is -4.18. The molecule has 3 N–H and O–H groups in total. The van der Waals surface area contributed by atoms with Crippen LogP contribution >= 0.6 is 0 Å². The number of para-hydroxylation sites is 1. The third-order valence-corrected chi connectivity index (χ3v) is 4.95. The Morgan fingerprint density at radius 3 is 2.56 bits per heavy atom. The van der Waals surface area contributed by atoms with Crippen LogP contribution in [0, 0.1) is 10.1 Å². The molecule has 0 heterocycles. The molecule has 0 aliphatic rings. The van der Waals surface area contributed by atoms with Gasteiger partial charge < -0.3 is 15.1 Å². The highest BCUT2D eigenvalue weighted by molar-refractivity contribution is 7.89. The van der Waals surface area contributed by atoms with Crippen LogP contribution in [0.5, 0.6) is 0 Å². The number of benzene rings is 1. The molecule has 0 fully saturated rings. The molecule has 0 bridgehead atoms. The van der Waals surface area contributed by atoms with Crippen LogP contribution in [-0.4, -0.2) is 60.3 Å². The second kappa shape index (κ2) is 9.30. The van der Waals surface area contributed by atoms with E-state index in [2.05, 4.69) is 4.72 Å². The second-order valence-corrected chi connectivity index (χ2v) is 7.09. The van der Waals surface area contributed by atoms with Gasteiger partial charge in [-0.1, -0.05) is 12.1 Å². The van der Waals surface area contributed by atoms with Crippen molar-refractivity contribution in [3.8, 4) is 0 Å². The molecule has 25 heavy (non-hydrogen) atoms. The van der Waals surface area contributed by atoms with Crippen molar-refractivity contribution in [3.05, 3.63) is 34.4 Å². The summed E-state index contributed by atoms with van der Waals surface area (Å²) in [5.74, 6) is 0. The predicted octanol–water partition coefficient (Wildman–Crippen LogP) is 1.01. The van der Waals surface area contributed by atoms with Gasteiger partial charge in [0, 0.05) is 31.8 Å². The molecule has 1 unspecified atom stereocenters. The molecule has 1 rings (SSSR count). The van der Waals surface area contributed by atoms with E-state index in [1.165, 1.54) is 19.1 Å². The summed E-state index contributed by atoms with van der Waals surface area (Å²) in [6, 6.07) is 4.12. The lowest BCUT2D eigenvalue weighted by atomic mass is 10.3. The average Bonchev–Trinajstić information content (AvgIpc) is 2.53. The van der Waals surface area contributed by atoms with Crippen molar-refractivity contribution in [2.24, 2.45) is 0 Å². The number of unbranched alkanes of at least 4 members (excludes halogenated alkanes) is 1. The Morgan fingerprint density at radius 2 is 2.00 bits per heavy atom. The van der Waals surface area contributed by atoms with Crippen LogP contribution in [0.2, 0.25) is 0 Å². The molecule has 0 aliphatic carbocycles. The number of sulfonamides is 1. The largest absolute Gasteiger partial charge is 0.465 e. The Labute approximate surface area is 145 Å². The van der Waals surface area contributed by atoms with Gasteiger partial charge in [-0.25, -0.2) is 17.9 Å². The minimum Gasteiger partial charge on any atom is -0.465 e. The Balaban J connectivity index is 2.85. The minimum absolute atomic E-state index is 0.0622. The molecule has 1 atom stereocenters. The van der Waals surface area contributed by atoms with E-state index in [9.17, 15) is 23.3 Å². The maximum Gasteiger partial charge on any atom is 0.407 e. The van der Waals surface area contributed by atoms with E-state index in [4.69, 9.17) is 10.2 Å². The predicted molar refractivity (Wildman–Crippen MR) is 88.8 cm³/mol. The van der Waals surface area contributed by atoms with Gasteiger partial charge in [-0.2, -0.15) is 0 Å².